The van der Waals surface area contributed by atoms with Crippen LogP contribution in [-0.2, 0) is 17.8 Å². The molecule has 3 heterocycles. The first-order valence-electron chi connectivity index (χ1n) is 10.3. The second-order valence-electron chi connectivity index (χ2n) is 7.85. The van der Waals surface area contributed by atoms with Crippen molar-refractivity contribution < 1.29 is 18.5 Å². The number of nitrogens with zero attached hydrogens (tertiary/aromatic N) is 5. The first kappa shape index (κ1) is 21.7. The zero-order valence-electron chi connectivity index (χ0n) is 17.8. The van der Waals surface area contributed by atoms with Crippen LogP contribution < -0.4 is 9.80 Å². The molecule has 0 amide bonds. The molecule has 32 heavy (non-hydrogen) atoms. The van der Waals surface area contributed by atoms with Gasteiger partial charge >= 0.3 is 5.69 Å². The third-order valence-corrected chi connectivity index (χ3v) is 5.20. The number of morpholine rings is 1. The number of furan rings is 1. The Hall–Kier alpha value is -3.53. The number of ether oxygens (including phenoxy) is 1. The van der Waals surface area contributed by atoms with Crippen LogP contribution in [-0.4, -0.2) is 40.2 Å². The highest BCUT2D eigenvalue weighted by Gasteiger charge is 2.33. The highest BCUT2D eigenvalue weighted by atomic mass is 19.1. The molecule has 0 saturated carbocycles. The van der Waals surface area contributed by atoms with E-state index < -0.39 is 4.92 Å². The topological polar surface area (TPSA) is 97.8 Å². The molecule has 0 aliphatic carbocycles. The second-order valence-corrected chi connectivity index (χ2v) is 7.85. The van der Waals surface area contributed by atoms with Crippen LogP contribution in [0.25, 0.3) is 0 Å². The van der Waals surface area contributed by atoms with Crippen molar-refractivity contribution in [3.8, 4) is 0 Å². The van der Waals surface area contributed by atoms with Crippen LogP contribution >= 0.6 is 0 Å². The van der Waals surface area contributed by atoms with Gasteiger partial charge in [-0.2, -0.15) is 0 Å². The number of nitro groups is 1. The molecule has 9 nitrogen and oxygen atoms in total. The molecule has 0 N–H and O–H groups in total. The van der Waals surface area contributed by atoms with E-state index in [4.69, 9.17) is 9.15 Å². The number of halogens is 1. The van der Waals surface area contributed by atoms with Crippen molar-refractivity contribution in [3.05, 3.63) is 76.2 Å². The molecular formula is C22H24FN5O4. The largest absolute Gasteiger partial charge is 0.467 e. The van der Waals surface area contributed by atoms with Crippen molar-refractivity contribution in [2.24, 2.45) is 0 Å². The number of anilines is 2. The Bertz CT molecular complexity index is 1050. The summed E-state index contributed by atoms with van der Waals surface area (Å²) < 4.78 is 24.6. The van der Waals surface area contributed by atoms with Crippen molar-refractivity contribution in [2.45, 2.75) is 39.1 Å². The third-order valence-electron chi connectivity index (χ3n) is 5.20. The Labute approximate surface area is 184 Å². The van der Waals surface area contributed by atoms with Crippen molar-refractivity contribution in [2.75, 3.05) is 22.9 Å². The van der Waals surface area contributed by atoms with Gasteiger partial charge in [0.25, 0.3) is 0 Å². The van der Waals surface area contributed by atoms with E-state index in [1.165, 1.54) is 18.5 Å². The Morgan fingerprint density at radius 1 is 1.16 bits per heavy atom. The number of rotatable bonds is 7. The normalized spacial score (nSPS) is 18.5. The van der Waals surface area contributed by atoms with Gasteiger partial charge in [-0.05, 0) is 43.7 Å². The maximum absolute atomic E-state index is 13.4. The van der Waals surface area contributed by atoms with Gasteiger partial charge in [-0.15, -0.1) is 0 Å². The quantitative estimate of drug-likeness (QED) is 0.402. The summed E-state index contributed by atoms with van der Waals surface area (Å²) in [4.78, 5) is 23.9. The lowest BCUT2D eigenvalue weighted by molar-refractivity contribution is -0.383. The van der Waals surface area contributed by atoms with E-state index in [-0.39, 0.29) is 48.4 Å². The van der Waals surface area contributed by atoms with E-state index in [0.717, 1.165) is 5.56 Å². The summed E-state index contributed by atoms with van der Waals surface area (Å²) >= 11 is 0. The van der Waals surface area contributed by atoms with Crippen LogP contribution in [0.3, 0.4) is 0 Å². The lowest BCUT2D eigenvalue weighted by Gasteiger charge is -2.36. The first-order chi connectivity index (χ1) is 15.4. The first-order valence-corrected chi connectivity index (χ1v) is 10.3. The smallest absolute Gasteiger partial charge is 0.353 e. The van der Waals surface area contributed by atoms with Crippen molar-refractivity contribution in [1.29, 1.82) is 0 Å². The van der Waals surface area contributed by atoms with E-state index >= 15 is 0 Å². The Morgan fingerprint density at radius 2 is 1.88 bits per heavy atom. The maximum atomic E-state index is 13.4. The van der Waals surface area contributed by atoms with Gasteiger partial charge in [0.2, 0.25) is 11.6 Å². The van der Waals surface area contributed by atoms with Crippen molar-refractivity contribution in [3.63, 3.8) is 0 Å². The number of hydrogen-bond donors (Lipinski definition) is 0. The minimum absolute atomic E-state index is 0.0878. The summed E-state index contributed by atoms with van der Waals surface area (Å²) in [6, 6.07) is 9.54. The molecule has 2 unspecified atom stereocenters. The van der Waals surface area contributed by atoms with Crippen LogP contribution in [0.4, 0.5) is 21.7 Å². The van der Waals surface area contributed by atoms with E-state index in [0.29, 0.717) is 18.8 Å². The Morgan fingerprint density at radius 3 is 2.50 bits per heavy atom. The lowest BCUT2D eigenvalue weighted by atomic mass is 10.2. The van der Waals surface area contributed by atoms with Gasteiger partial charge in [0.15, 0.2) is 0 Å². The lowest BCUT2D eigenvalue weighted by Crippen LogP contribution is -2.46. The van der Waals surface area contributed by atoms with Crippen LogP contribution in [0, 0.1) is 15.9 Å². The fourth-order valence-electron chi connectivity index (χ4n) is 3.94. The minimum Gasteiger partial charge on any atom is -0.467 e. The van der Waals surface area contributed by atoms with Gasteiger partial charge in [-0.3, -0.25) is 10.1 Å². The molecule has 0 bridgehead atoms. The molecule has 4 rings (SSSR count). The molecule has 1 fully saturated rings. The van der Waals surface area contributed by atoms with E-state index in [1.807, 2.05) is 18.7 Å². The molecule has 1 aromatic carbocycles. The summed E-state index contributed by atoms with van der Waals surface area (Å²) in [6.07, 6.45) is 2.70. The Kier molecular flexibility index (Phi) is 6.31. The van der Waals surface area contributed by atoms with E-state index in [2.05, 4.69) is 9.97 Å². The zero-order valence-corrected chi connectivity index (χ0v) is 17.8. The van der Waals surface area contributed by atoms with Crippen LogP contribution in [0.5, 0.6) is 0 Å². The van der Waals surface area contributed by atoms with Crippen LogP contribution in [0.1, 0.15) is 25.2 Å². The summed E-state index contributed by atoms with van der Waals surface area (Å²) in [5.41, 5.74) is 0.600. The van der Waals surface area contributed by atoms with Gasteiger partial charge in [-0.25, -0.2) is 14.4 Å². The Balaban J connectivity index is 1.75. The summed E-state index contributed by atoms with van der Waals surface area (Å²) in [5.74, 6) is 0.699. The molecule has 0 radical (unpaired) electrons. The minimum atomic E-state index is -0.449. The van der Waals surface area contributed by atoms with Crippen molar-refractivity contribution in [1.82, 2.24) is 9.97 Å². The van der Waals surface area contributed by atoms with Crippen molar-refractivity contribution >= 4 is 17.3 Å². The van der Waals surface area contributed by atoms with E-state index in [1.54, 1.807) is 35.4 Å². The second kappa shape index (κ2) is 9.31. The summed E-state index contributed by atoms with van der Waals surface area (Å²) in [6.45, 7) is 5.34. The molecule has 1 saturated heterocycles. The molecule has 0 spiro atoms. The predicted molar refractivity (Wildman–Crippen MR) is 116 cm³/mol. The fourth-order valence-corrected chi connectivity index (χ4v) is 3.94. The molecule has 1 aliphatic rings. The molecule has 1 aliphatic heterocycles. The molecule has 2 aromatic heterocycles. The molecule has 3 aromatic rings. The number of aromatic nitrogens is 2. The zero-order chi connectivity index (χ0) is 22.7. The van der Waals surface area contributed by atoms with Crippen LogP contribution in [0.15, 0.2) is 53.4 Å². The van der Waals surface area contributed by atoms with E-state index in [9.17, 15) is 14.5 Å². The van der Waals surface area contributed by atoms with Gasteiger partial charge in [-0.1, -0.05) is 12.1 Å². The predicted octanol–water partition coefficient (Wildman–Crippen LogP) is 3.94. The average Bonchev–Trinajstić information content (AvgIpc) is 3.26. The molecule has 10 heteroatoms. The molecule has 168 valence electrons. The standard InChI is InChI=1S/C22H24FN5O4/c1-15-10-26(11-16(2)32-15)21-20(28(29)30)22(25-14-24-21)27(13-19-4-3-9-31-19)12-17-5-7-18(23)8-6-17/h3-9,14-16H,10-13H2,1-2H3. The third kappa shape index (κ3) is 4.86. The highest BCUT2D eigenvalue weighted by Crippen LogP contribution is 2.36. The van der Waals surface area contributed by atoms with Gasteiger partial charge < -0.3 is 19.0 Å². The highest BCUT2D eigenvalue weighted by molar-refractivity contribution is 5.71. The maximum Gasteiger partial charge on any atom is 0.353 e. The SMILES string of the molecule is CC1CN(c2ncnc(N(Cc3ccc(F)cc3)Cc3ccco3)c2[N+](=O)[O-])CC(C)O1. The number of benzene rings is 1. The fraction of sp³-hybridized carbons (Fsp3) is 0.364. The van der Waals surface area contributed by atoms with Gasteiger partial charge in [0, 0.05) is 19.6 Å². The van der Waals surface area contributed by atoms with Gasteiger partial charge in [0.1, 0.15) is 17.9 Å². The van der Waals surface area contributed by atoms with Crippen LogP contribution in [0.2, 0.25) is 0 Å². The van der Waals surface area contributed by atoms with Gasteiger partial charge in [0.05, 0.1) is 29.9 Å². The summed E-state index contributed by atoms with van der Waals surface area (Å²) in [5, 5.41) is 12.2. The average molecular weight is 441 g/mol. The molecular weight excluding hydrogens is 417 g/mol. The monoisotopic (exact) mass is 441 g/mol. The molecule has 2 atom stereocenters. The summed E-state index contributed by atoms with van der Waals surface area (Å²) in [7, 11) is 0. The number of hydrogen-bond acceptors (Lipinski definition) is 8.